The molecular formula is C22H28ClN3O. The lowest BCUT2D eigenvalue weighted by molar-refractivity contribution is -0.104. The van der Waals surface area contributed by atoms with E-state index in [0.29, 0.717) is 5.15 Å². The summed E-state index contributed by atoms with van der Waals surface area (Å²) in [5.74, 6) is 0. The lowest BCUT2D eigenvalue weighted by Gasteiger charge is -2.46. The van der Waals surface area contributed by atoms with E-state index in [1.165, 1.54) is 31.4 Å². The Morgan fingerprint density at radius 1 is 1.07 bits per heavy atom. The van der Waals surface area contributed by atoms with Crippen molar-refractivity contribution < 1.29 is 4.74 Å². The molecule has 0 amide bonds. The fourth-order valence-electron chi connectivity index (χ4n) is 4.87. The van der Waals surface area contributed by atoms with Crippen LogP contribution in [0.4, 0.5) is 0 Å². The molecule has 2 fully saturated rings. The van der Waals surface area contributed by atoms with E-state index in [1.54, 1.807) is 0 Å². The number of nitrogens with zero attached hydrogens (tertiary/aromatic N) is 2. The van der Waals surface area contributed by atoms with Crippen molar-refractivity contribution in [1.82, 2.24) is 15.3 Å². The van der Waals surface area contributed by atoms with Crippen molar-refractivity contribution in [1.29, 1.82) is 0 Å². The fourth-order valence-corrected chi connectivity index (χ4v) is 4.98. The van der Waals surface area contributed by atoms with E-state index < -0.39 is 0 Å². The Balaban J connectivity index is 1.45. The van der Waals surface area contributed by atoms with Crippen LogP contribution in [0.1, 0.15) is 56.2 Å². The lowest BCUT2D eigenvalue weighted by atomic mass is 9.68. The van der Waals surface area contributed by atoms with Crippen molar-refractivity contribution >= 4 is 11.6 Å². The van der Waals surface area contributed by atoms with Crippen LogP contribution in [-0.2, 0) is 16.7 Å². The summed E-state index contributed by atoms with van der Waals surface area (Å²) in [6, 6.07) is 10.2. The highest BCUT2D eigenvalue weighted by Gasteiger charge is 2.48. The second kappa shape index (κ2) is 8.26. The van der Waals surface area contributed by atoms with Crippen LogP contribution < -0.4 is 5.32 Å². The number of nitrogens with one attached hydrogen (secondary N) is 1. The first kappa shape index (κ1) is 18.9. The number of hydrogen-bond acceptors (Lipinski definition) is 4. The number of halogens is 1. The molecule has 1 atom stereocenters. The van der Waals surface area contributed by atoms with Crippen LogP contribution >= 0.6 is 11.6 Å². The molecule has 1 aliphatic heterocycles. The SMILES string of the molecule is Clc1ccc(CNCCC2(c3ccccn3)CCOC3(CCCC3)C2)cn1. The van der Waals surface area contributed by atoms with Gasteiger partial charge in [-0.2, -0.15) is 0 Å². The fraction of sp³-hybridized carbons (Fsp3) is 0.545. The predicted octanol–water partition coefficient (Wildman–Crippen LogP) is 4.67. The molecular weight excluding hydrogens is 358 g/mol. The normalized spacial score (nSPS) is 24.3. The molecule has 2 aromatic rings. The summed E-state index contributed by atoms with van der Waals surface area (Å²) in [5.41, 5.74) is 2.57. The van der Waals surface area contributed by atoms with Gasteiger partial charge in [0.15, 0.2) is 0 Å². The van der Waals surface area contributed by atoms with Crippen molar-refractivity contribution in [3.8, 4) is 0 Å². The summed E-state index contributed by atoms with van der Waals surface area (Å²) in [5, 5.41) is 4.13. The van der Waals surface area contributed by atoms with Gasteiger partial charge >= 0.3 is 0 Å². The average Bonchev–Trinajstić information content (AvgIpc) is 3.15. The Hall–Kier alpha value is -1.49. The Morgan fingerprint density at radius 3 is 2.70 bits per heavy atom. The molecule has 4 rings (SSSR count). The number of rotatable bonds is 6. The number of ether oxygens (including phenoxy) is 1. The first-order chi connectivity index (χ1) is 13.2. The molecule has 0 aromatic carbocycles. The van der Waals surface area contributed by atoms with Crippen LogP contribution in [0, 0.1) is 0 Å². The van der Waals surface area contributed by atoms with Gasteiger partial charge in [0, 0.05) is 36.7 Å². The number of hydrogen-bond donors (Lipinski definition) is 1. The third kappa shape index (κ3) is 4.34. The van der Waals surface area contributed by atoms with Crippen LogP contribution in [-0.4, -0.2) is 28.7 Å². The Morgan fingerprint density at radius 2 is 1.96 bits per heavy atom. The van der Waals surface area contributed by atoms with Crippen molar-refractivity contribution in [2.45, 2.75) is 62.5 Å². The zero-order chi connectivity index (χ0) is 18.6. The second-order valence-electron chi connectivity index (χ2n) is 8.08. The molecule has 1 saturated heterocycles. The smallest absolute Gasteiger partial charge is 0.129 e. The maximum atomic E-state index is 6.32. The third-order valence-corrected chi connectivity index (χ3v) is 6.49. The van der Waals surface area contributed by atoms with E-state index in [1.807, 2.05) is 30.6 Å². The Labute approximate surface area is 166 Å². The maximum Gasteiger partial charge on any atom is 0.129 e. The summed E-state index contributed by atoms with van der Waals surface area (Å²) in [6.07, 6.45) is 12.0. The molecule has 1 N–H and O–H groups in total. The van der Waals surface area contributed by atoms with Crippen LogP contribution in [0.5, 0.6) is 0 Å². The predicted molar refractivity (Wildman–Crippen MR) is 108 cm³/mol. The molecule has 2 aliphatic rings. The standard InChI is InChI=1S/C22H28ClN3O/c23-20-7-6-18(16-26-20)15-24-13-10-21(19-5-1-4-12-25-19)11-14-27-22(17-21)8-2-3-9-22/h1,4-7,12,16,24H,2-3,8-11,13-15,17H2. The molecule has 144 valence electrons. The van der Waals surface area contributed by atoms with Gasteiger partial charge in [-0.05, 0) is 62.4 Å². The van der Waals surface area contributed by atoms with Crippen molar-refractivity contribution in [2.24, 2.45) is 0 Å². The van der Waals surface area contributed by atoms with Gasteiger partial charge in [-0.25, -0.2) is 4.98 Å². The second-order valence-corrected chi connectivity index (χ2v) is 8.46. The Bertz CT molecular complexity index is 731. The summed E-state index contributed by atoms with van der Waals surface area (Å²) in [7, 11) is 0. The number of aromatic nitrogens is 2. The van der Waals surface area contributed by atoms with E-state index in [9.17, 15) is 0 Å². The largest absolute Gasteiger partial charge is 0.375 e. The molecule has 27 heavy (non-hydrogen) atoms. The summed E-state index contributed by atoms with van der Waals surface area (Å²) in [6.45, 7) is 2.61. The molecule has 0 bridgehead atoms. The minimum atomic E-state index is 0.0792. The van der Waals surface area contributed by atoms with Crippen molar-refractivity contribution in [3.05, 3.63) is 59.1 Å². The van der Waals surface area contributed by atoms with Crippen LogP contribution in [0.3, 0.4) is 0 Å². The molecule has 1 unspecified atom stereocenters. The Kier molecular flexibility index (Phi) is 5.76. The minimum absolute atomic E-state index is 0.0792. The van der Waals surface area contributed by atoms with E-state index >= 15 is 0 Å². The molecule has 1 aliphatic carbocycles. The van der Waals surface area contributed by atoms with Crippen molar-refractivity contribution in [3.63, 3.8) is 0 Å². The van der Waals surface area contributed by atoms with E-state index in [2.05, 4.69) is 22.4 Å². The van der Waals surface area contributed by atoms with E-state index in [4.69, 9.17) is 21.3 Å². The number of pyridine rings is 2. The monoisotopic (exact) mass is 385 g/mol. The van der Waals surface area contributed by atoms with Gasteiger partial charge in [0.05, 0.1) is 5.60 Å². The van der Waals surface area contributed by atoms with E-state index in [-0.39, 0.29) is 11.0 Å². The quantitative estimate of drug-likeness (QED) is 0.579. The highest BCUT2D eigenvalue weighted by atomic mass is 35.5. The molecule has 1 saturated carbocycles. The molecule has 4 nitrogen and oxygen atoms in total. The molecule has 2 aromatic heterocycles. The van der Waals surface area contributed by atoms with Crippen LogP contribution in [0.15, 0.2) is 42.7 Å². The van der Waals surface area contributed by atoms with Gasteiger partial charge in [-0.1, -0.05) is 36.6 Å². The highest BCUT2D eigenvalue weighted by Crippen LogP contribution is 2.49. The third-order valence-electron chi connectivity index (χ3n) is 6.27. The van der Waals surface area contributed by atoms with Crippen LogP contribution in [0.25, 0.3) is 0 Å². The van der Waals surface area contributed by atoms with Gasteiger partial charge in [-0.3, -0.25) is 4.98 Å². The topological polar surface area (TPSA) is 47.0 Å². The van der Waals surface area contributed by atoms with Gasteiger partial charge in [0.2, 0.25) is 0 Å². The maximum absolute atomic E-state index is 6.32. The van der Waals surface area contributed by atoms with Gasteiger partial charge in [0.25, 0.3) is 0 Å². The van der Waals surface area contributed by atoms with Crippen molar-refractivity contribution in [2.75, 3.05) is 13.2 Å². The first-order valence-corrected chi connectivity index (χ1v) is 10.4. The molecule has 5 heteroatoms. The van der Waals surface area contributed by atoms with Gasteiger partial charge in [-0.15, -0.1) is 0 Å². The lowest BCUT2D eigenvalue weighted by Crippen LogP contribution is -2.47. The summed E-state index contributed by atoms with van der Waals surface area (Å²) < 4.78 is 6.32. The minimum Gasteiger partial charge on any atom is -0.375 e. The summed E-state index contributed by atoms with van der Waals surface area (Å²) in [4.78, 5) is 8.92. The summed E-state index contributed by atoms with van der Waals surface area (Å²) >= 11 is 5.87. The van der Waals surface area contributed by atoms with Gasteiger partial charge in [0.1, 0.15) is 5.15 Å². The molecule has 3 heterocycles. The molecule has 0 radical (unpaired) electrons. The van der Waals surface area contributed by atoms with Gasteiger partial charge < -0.3 is 10.1 Å². The van der Waals surface area contributed by atoms with E-state index in [0.717, 1.165) is 44.5 Å². The molecule has 1 spiro atoms. The highest BCUT2D eigenvalue weighted by molar-refractivity contribution is 6.29. The average molecular weight is 386 g/mol. The zero-order valence-electron chi connectivity index (χ0n) is 15.8. The van der Waals surface area contributed by atoms with Crippen LogP contribution in [0.2, 0.25) is 5.15 Å². The first-order valence-electron chi connectivity index (χ1n) is 10.1. The zero-order valence-corrected chi connectivity index (χ0v) is 16.5.